The van der Waals surface area contributed by atoms with Crippen LogP contribution in [0.4, 0.5) is 10.1 Å². The molecule has 0 radical (unpaired) electrons. The van der Waals surface area contributed by atoms with Crippen molar-refractivity contribution in [2.75, 3.05) is 78.2 Å². The third-order valence-corrected chi connectivity index (χ3v) is 15.6. The van der Waals surface area contributed by atoms with Crippen LogP contribution >= 0.6 is 11.3 Å². The predicted molar refractivity (Wildman–Crippen MR) is 274 cm³/mol. The summed E-state index contributed by atoms with van der Waals surface area (Å²) in [6.07, 6.45) is 3.42. The highest BCUT2D eigenvalue weighted by molar-refractivity contribution is 7.10. The second-order valence-electron chi connectivity index (χ2n) is 20.8. The van der Waals surface area contributed by atoms with E-state index in [1.165, 1.54) is 28.3 Å². The van der Waals surface area contributed by atoms with Crippen LogP contribution in [0.5, 0.6) is 5.75 Å². The Balaban J connectivity index is 1.13. The third-order valence-electron chi connectivity index (χ3n) is 14.8. The zero-order chi connectivity index (χ0) is 51.9. The number of piperidine rings is 1. The van der Waals surface area contributed by atoms with E-state index >= 15 is 4.39 Å². The van der Waals surface area contributed by atoms with Crippen LogP contribution < -0.4 is 15.1 Å². The normalized spacial score (nSPS) is 21.6. The number of thiazole rings is 1. The van der Waals surface area contributed by atoms with E-state index in [1.54, 1.807) is 21.0 Å². The lowest BCUT2D eigenvalue weighted by Crippen LogP contribution is -2.58. The summed E-state index contributed by atoms with van der Waals surface area (Å²) in [5, 5.41) is 4.63. The Bertz CT molecular complexity index is 2850. The van der Waals surface area contributed by atoms with Gasteiger partial charge < -0.3 is 38.2 Å². The molecule has 0 unspecified atom stereocenters. The van der Waals surface area contributed by atoms with Gasteiger partial charge >= 0.3 is 5.97 Å². The number of ether oxygens (including phenoxy) is 4. The van der Waals surface area contributed by atoms with Crippen molar-refractivity contribution in [2.45, 2.75) is 104 Å². The molecule has 73 heavy (non-hydrogen) atoms. The Morgan fingerprint density at radius 3 is 2.51 bits per heavy atom. The number of halogens is 1. The number of nitrogens with one attached hydrogen (secondary N) is 1. The van der Waals surface area contributed by atoms with Crippen molar-refractivity contribution in [1.82, 2.24) is 34.8 Å². The number of carbonyl (C=O) groups is 5. The van der Waals surface area contributed by atoms with Crippen LogP contribution in [0.3, 0.4) is 0 Å². The van der Waals surface area contributed by atoms with Crippen molar-refractivity contribution in [3.05, 3.63) is 58.7 Å². The number of hydrazine groups is 1. The number of morpholine rings is 1. The molecule has 0 aliphatic carbocycles. The molecule has 4 aromatic rings. The first-order chi connectivity index (χ1) is 34.9. The van der Waals surface area contributed by atoms with Crippen LogP contribution in [0, 0.1) is 11.3 Å². The van der Waals surface area contributed by atoms with Crippen LogP contribution in [0.1, 0.15) is 82.7 Å². The summed E-state index contributed by atoms with van der Waals surface area (Å²) < 4.78 is 43.1. The van der Waals surface area contributed by atoms with E-state index in [-0.39, 0.29) is 63.2 Å². The summed E-state index contributed by atoms with van der Waals surface area (Å²) in [6.45, 7) is 17.1. The minimum Gasteiger partial charge on any atom is -0.489 e. The van der Waals surface area contributed by atoms with Crippen LogP contribution in [-0.2, 0) is 57.6 Å². The molecule has 0 saturated carbocycles. The van der Waals surface area contributed by atoms with Crippen LogP contribution in [0.2, 0.25) is 0 Å². The van der Waals surface area contributed by atoms with Gasteiger partial charge in [0.2, 0.25) is 5.91 Å². The highest BCUT2D eigenvalue weighted by Crippen LogP contribution is 2.47. The molecule has 20 heteroatoms. The summed E-state index contributed by atoms with van der Waals surface area (Å²) >= 11 is 1.30. The SMILES string of the molecule is C=CC(=O)N1CCC(F)(C(=O)N(C)[C@H](C(=O)N=C2Cc3nc(cs3)-c3cc4c5c(c3)c(c(-c3cc(N6CCOCC6)cnc3[C@H](C)OC)n5CCO4)CC(C)(C)COC(=O)[C@@H]3CCCN(N3)C2=O)C(C)C)CC1. The number of nitrogens with zero attached hydrogens (tertiary/aromatic N) is 8. The van der Waals surface area contributed by atoms with E-state index in [1.807, 2.05) is 24.6 Å². The van der Waals surface area contributed by atoms with Gasteiger partial charge in [-0.05, 0) is 61.9 Å². The van der Waals surface area contributed by atoms with Crippen molar-refractivity contribution in [2.24, 2.45) is 16.3 Å². The molecule has 3 saturated heterocycles. The number of anilines is 1. The zero-order valence-electron chi connectivity index (χ0n) is 42.8. The number of benzene rings is 1. The zero-order valence-corrected chi connectivity index (χ0v) is 43.6. The quantitative estimate of drug-likeness (QED) is 0.154. The lowest BCUT2D eigenvalue weighted by molar-refractivity contribution is -0.153. The van der Waals surface area contributed by atoms with Crippen molar-refractivity contribution in [1.29, 1.82) is 0 Å². The highest BCUT2D eigenvalue weighted by Gasteiger charge is 2.47. The minimum atomic E-state index is -2.33. The van der Waals surface area contributed by atoms with E-state index in [2.05, 4.69) is 52.4 Å². The number of hydrogen-bond acceptors (Lipinski definition) is 14. The summed E-state index contributed by atoms with van der Waals surface area (Å²) in [4.78, 5) is 88.8. The number of methoxy groups -OCH3 is 1. The molecule has 18 nitrogen and oxygen atoms in total. The monoisotopic (exact) mass is 1020 g/mol. The Kier molecular flexibility index (Phi) is 14.9. The number of cyclic esters (lactones) is 1. The molecule has 5 aliphatic rings. The molecule has 4 amide bonds. The maximum absolute atomic E-state index is 16.5. The first kappa shape index (κ1) is 51.8. The Hall–Kier alpha value is -6.09. The van der Waals surface area contributed by atoms with Gasteiger partial charge in [0.15, 0.2) is 5.67 Å². The molecule has 6 bridgehead atoms. The van der Waals surface area contributed by atoms with Crippen LogP contribution in [0.25, 0.3) is 33.4 Å². The molecule has 5 aliphatic heterocycles. The fourth-order valence-corrected chi connectivity index (χ4v) is 11.6. The number of likely N-dealkylation sites (N-methyl/N-ethyl adjacent to an activating group) is 1. The number of aromatic nitrogens is 3. The fraction of sp³-hybridized carbons (Fsp3) is 0.547. The van der Waals surface area contributed by atoms with Gasteiger partial charge in [-0.2, -0.15) is 0 Å². The number of amides is 4. The standard InChI is InChI=1S/C53H66FN9O9S/c1-9-43(64)61-15-12-53(54,13-16-61)51(68)59(7)45(31(2)3)48(65)57-39-26-42-56-40(29-73-42)33-23-35-37(27-52(5,6)30-72-50(67)38-11-10-14-63(58-38)49(39)66)46(62-19-22-71-41(24-33)47(35)62)36-25-34(60-17-20-70-21-18-60)28-55-44(36)32(4)69-8/h9,23-25,28-29,31-32,38,45,58H,1,10-22,26-27,30H2,2-8H3/t32-,38-,45-/m0/s1. The Labute approximate surface area is 428 Å². The lowest BCUT2D eigenvalue weighted by atomic mass is 9.84. The molecule has 8 heterocycles. The van der Waals surface area contributed by atoms with E-state index < -0.39 is 52.8 Å². The van der Waals surface area contributed by atoms with Crippen molar-refractivity contribution < 1.29 is 47.3 Å². The smallest absolute Gasteiger partial charge is 0.324 e. The average molecular weight is 1020 g/mol. The van der Waals surface area contributed by atoms with Crippen LogP contribution in [0.15, 0.2) is 47.4 Å². The highest BCUT2D eigenvalue weighted by atomic mass is 32.1. The molecule has 0 spiro atoms. The van der Waals surface area contributed by atoms with E-state index in [4.69, 9.17) is 28.9 Å². The summed E-state index contributed by atoms with van der Waals surface area (Å²) in [7, 11) is 3.05. The number of hydrogen-bond donors (Lipinski definition) is 1. The predicted octanol–water partition coefficient (Wildman–Crippen LogP) is 5.89. The van der Waals surface area contributed by atoms with Crippen molar-refractivity contribution in [3.8, 4) is 28.3 Å². The van der Waals surface area contributed by atoms with Gasteiger partial charge in [0.1, 0.15) is 30.2 Å². The second-order valence-corrected chi connectivity index (χ2v) is 21.8. The average Bonchev–Trinajstić information content (AvgIpc) is 3.99. The summed E-state index contributed by atoms with van der Waals surface area (Å²) in [6, 6.07) is 4.19. The number of aliphatic imine (C=N–C) groups is 1. The van der Waals surface area contributed by atoms with Crippen LogP contribution in [-0.4, -0.2) is 156 Å². The van der Waals surface area contributed by atoms with Gasteiger partial charge in [0, 0.05) is 93.5 Å². The fourth-order valence-electron chi connectivity index (χ4n) is 10.8. The topological polar surface area (TPSA) is 190 Å². The molecule has 1 N–H and O–H groups in total. The molecule has 3 aromatic heterocycles. The molecule has 3 atom stereocenters. The van der Waals surface area contributed by atoms with E-state index in [0.717, 1.165) is 68.7 Å². The van der Waals surface area contributed by atoms with Gasteiger partial charge in [-0.15, -0.1) is 11.3 Å². The maximum Gasteiger partial charge on any atom is 0.324 e. The molecule has 9 rings (SSSR count). The summed E-state index contributed by atoms with van der Waals surface area (Å²) in [5.41, 5.74) is 7.02. The number of fused-ring (bicyclic) bond motifs is 6. The Morgan fingerprint density at radius 1 is 1.04 bits per heavy atom. The van der Waals surface area contributed by atoms with Gasteiger partial charge in [-0.1, -0.05) is 34.3 Å². The first-order valence-electron chi connectivity index (χ1n) is 25.3. The Morgan fingerprint density at radius 2 is 1.79 bits per heavy atom. The maximum atomic E-state index is 16.5. The molecular weight excluding hydrogens is 958 g/mol. The molecular formula is C53H66FN9O9S. The first-order valence-corrected chi connectivity index (χ1v) is 26.1. The third kappa shape index (κ3) is 10.4. The minimum absolute atomic E-state index is 0.0110. The van der Waals surface area contributed by atoms with Gasteiger partial charge in [0.05, 0.1) is 72.0 Å². The molecule has 3 fully saturated rings. The van der Waals surface area contributed by atoms with E-state index in [0.29, 0.717) is 62.1 Å². The molecule has 1 aromatic carbocycles. The number of rotatable bonds is 9. The number of likely N-dealkylation sites (tertiary alicyclic amines) is 1. The number of esters is 1. The number of carbonyl (C=O) groups excluding carboxylic acids is 5. The second kappa shape index (κ2) is 21.0. The molecule has 390 valence electrons. The van der Waals surface area contributed by atoms with Gasteiger partial charge in [-0.3, -0.25) is 34.0 Å². The van der Waals surface area contributed by atoms with Gasteiger partial charge in [-0.25, -0.2) is 19.8 Å². The van der Waals surface area contributed by atoms with Crippen molar-refractivity contribution in [3.63, 3.8) is 0 Å². The number of pyridine rings is 1. The number of alkyl halides is 1. The largest absolute Gasteiger partial charge is 0.489 e. The van der Waals surface area contributed by atoms with Crippen molar-refractivity contribution >= 4 is 63.2 Å². The van der Waals surface area contributed by atoms with E-state index in [9.17, 15) is 24.0 Å². The lowest BCUT2D eigenvalue weighted by Gasteiger charge is -2.39. The summed E-state index contributed by atoms with van der Waals surface area (Å²) in [5.74, 6) is -3.09. The van der Waals surface area contributed by atoms with Gasteiger partial charge in [0.25, 0.3) is 17.7 Å².